The molecule has 0 unspecified atom stereocenters. The smallest absolute Gasteiger partial charge is 0.280 e. The third-order valence-corrected chi connectivity index (χ3v) is 3.59. The van der Waals surface area contributed by atoms with Gasteiger partial charge in [0, 0.05) is 27.6 Å². The molecular formula is C11H16N4OS. The van der Waals surface area contributed by atoms with Gasteiger partial charge in [-0.3, -0.25) is 9.36 Å². The molecule has 0 spiro atoms. The zero-order valence-electron chi connectivity index (χ0n) is 10.5. The van der Waals surface area contributed by atoms with Gasteiger partial charge in [0.25, 0.3) is 5.56 Å². The molecule has 0 aliphatic rings. The van der Waals surface area contributed by atoms with E-state index in [0.717, 1.165) is 18.7 Å². The number of aryl methyl sites for hydroxylation is 3. The molecule has 0 radical (unpaired) electrons. The first-order valence-electron chi connectivity index (χ1n) is 5.60. The maximum absolute atomic E-state index is 12.2. The largest absolute Gasteiger partial charge is 0.325 e. The summed E-state index contributed by atoms with van der Waals surface area (Å²) in [6.45, 7) is 2.09. The highest BCUT2D eigenvalue weighted by Crippen LogP contribution is 2.12. The van der Waals surface area contributed by atoms with Crippen molar-refractivity contribution in [1.82, 2.24) is 18.7 Å². The number of hydrogen-bond acceptors (Lipinski definition) is 3. The average Bonchev–Trinajstić information content (AvgIpc) is 2.62. The normalized spacial score (nSPS) is 11.3. The summed E-state index contributed by atoms with van der Waals surface area (Å²) in [7, 11) is 5.41. The van der Waals surface area contributed by atoms with Crippen LogP contribution in [0.4, 0.5) is 0 Å². The number of nitrogens with zero attached hydrogens (tertiary/aromatic N) is 4. The zero-order valence-corrected chi connectivity index (χ0v) is 11.3. The molecule has 2 rings (SSSR count). The summed E-state index contributed by atoms with van der Waals surface area (Å²) in [5, 5.41) is 0. The predicted octanol–water partition coefficient (Wildman–Crippen LogP) is 1.29. The molecule has 0 N–H and O–H groups in total. The van der Waals surface area contributed by atoms with Crippen molar-refractivity contribution in [1.29, 1.82) is 0 Å². The topological polar surface area (TPSA) is 44.8 Å². The second-order valence-electron chi connectivity index (χ2n) is 4.22. The summed E-state index contributed by atoms with van der Waals surface area (Å²) < 4.78 is 5.62. The number of imidazole rings is 1. The monoisotopic (exact) mass is 252 g/mol. The number of fused-ring (bicyclic) bond motifs is 1. The first-order chi connectivity index (χ1) is 7.99. The van der Waals surface area contributed by atoms with Crippen LogP contribution in [0.5, 0.6) is 0 Å². The minimum atomic E-state index is -0.0829. The standard InChI is InChI=1S/C11H16N4OS/c1-5-6-7-12-9-8(13(7)2)10(16)15(4)11(17)14(9)3/h5-6H2,1-4H3. The van der Waals surface area contributed by atoms with Gasteiger partial charge in [-0.25, -0.2) is 4.98 Å². The van der Waals surface area contributed by atoms with Gasteiger partial charge in [-0.05, 0) is 18.6 Å². The molecule has 0 fully saturated rings. The van der Waals surface area contributed by atoms with Crippen LogP contribution in [0.2, 0.25) is 0 Å². The van der Waals surface area contributed by atoms with Crippen LogP contribution in [-0.2, 0) is 27.6 Å². The fourth-order valence-corrected chi connectivity index (χ4v) is 2.18. The van der Waals surface area contributed by atoms with Crippen LogP contribution in [0, 0.1) is 4.77 Å². The molecule has 0 aliphatic carbocycles. The molecule has 0 saturated heterocycles. The minimum Gasteiger partial charge on any atom is -0.325 e. The lowest BCUT2D eigenvalue weighted by Gasteiger charge is -2.05. The van der Waals surface area contributed by atoms with Crippen molar-refractivity contribution >= 4 is 23.4 Å². The fraction of sp³-hybridized carbons (Fsp3) is 0.545. The Morgan fingerprint density at radius 1 is 1.18 bits per heavy atom. The Labute approximate surface area is 104 Å². The minimum absolute atomic E-state index is 0.0829. The van der Waals surface area contributed by atoms with Gasteiger partial charge in [-0.15, -0.1) is 0 Å². The Morgan fingerprint density at radius 3 is 2.41 bits per heavy atom. The molecule has 6 heteroatoms. The van der Waals surface area contributed by atoms with Crippen LogP contribution < -0.4 is 5.56 Å². The third-order valence-electron chi connectivity index (χ3n) is 3.04. The van der Waals surface area contributed by atoms with E-state index < -0.39 is 0 Å². The van der Waals surface area contributed by atoms with Crippen LogP contribution in [0.1, 0.15) is 19.2 Å². The van der Waals surface area contributed by atoms with Gasteiger partial charge in [0.2, 0.25) is 0 Å². The molecular weight excluding hydrogens is 236 g/mol. The van der Waals surface area contributed by atoms with Crippen molar-refractivity contribution in [2.24, 2.45) is 21.1 Å². The molecule has 92 valence electrons. The Morgan fingerprint density at radius 2 is 1.82 bits per heavy atom. The number of aromatic nitrogens is 4. The third kappa shape index (κ3) is 1.63. The first kappa shape index (κ1) is 12.0. The van der Waals surface area contributed by atoms with Crippen molar-refractivity contribution < 1.29 is 0 Å². The van der Waals surface area contributed by atoms with E-state index in [0.29, 0.717) is 15.9 Å². The predicted molar refractivity (Wildman–Crippen MR) is 69.8 cm³/mol. The molecule has 2 aromatic heterocycles. The zero-order chi connectivity index (χ0) is 12.7. The molecule has 17 heavy (non-hydrogen) atoms. The van der Waals surface area contributed by atoms with Gasteiger partial charge in [0.05, 0.1) is 0 Å². The van der Waals surface area contributed by atoms with Crippen LogP contribution in [0.3, 0.4) is 0 Å². The number of hydrogen-bond donors (Lipinski definition) is 0. The Balaban J connectivity index is 2.97. The summed E-state index contributed by atoms with van der Waals surface area (Å²) in [6.07, 6.45) is 1.86. The molecule has 2 aromatic rings. The van der Waals surface area contributed by atoms with E-state index in [1.807, 2.05) is 18.7 Å². The molecule has 0 saturated carbocycles. The van der Waals surface area contributed by atoms with Crippen molar-refractivity contribution in [2.75, 3.05) is 0 Å². The highest BCUT2D eigenvalue weighted by atomic mass is 32.1. The van der Waals surface area contributed by atoms with Crippen LogP contribution in [0.25, 0.3) is 11.2 Å². The summed E-state index contributed by atoms with van der Waals surface area (Å²) in [5.74, 6) is 0.927. The fourth-order valence-electron chi connectivity index (χ4n) is 2.01. The molecule has 0 aliphatic heterocycles. The van der Waals surface area contributed by atoms with Gasteiger partial charge in [-0.2, -0.15) is 0 Å². The van der Waals surface area contributed by atoms with E-state index in [-0.39, 0.29) is 5.56 Å². The summed E-state index contributed by atoms with van der Waals surface area (Å²) >= 11 is 5.20. The molecule has 0 amide bonds. The van der Waals surface area contributed by atoms with E-state index in [4.69, 9.17) is 12.2 Å². The molecule has 0 bridgehead atoms. The van der Waals surface area contributed by atoms with Crippen molar-refractivity contribution in [3.63, 3.8) is 0 Å². The van der Waals surface area contributed by atoms with Gasteiger partial charge in [-0.1, -0.05) is 6.92 Å². The van der Waals surface area contributed by atoms with E-state index in [2.05, 4.69) is 11.9 Å². The van der Waals surface area contributed by atoms with Gasteiger partial charge < -0.3 is 9.13 Å². The quantitative estimate of drug-likeness (QED) is 0.757. The summed E-state index contributed by atoms with van der Waals surface area (Å²) in [6, 6.07) is 0. The Kier molecular flexibility index (Phi) is 2.91. The van der Waals surface area contributed by atoms with E-state index in [1.54, 1.807) is 11.6 Å². The van der Waals surface area contributed by atoms with Crippen molar-refractivity contribution in [3.05, 3.63) is 20.9 Å². The molecule has 0 aromatic carbocycles. The lowest BCUT2D eigenvalue weighted by Crippen LogP contribution is -2.23. The van der Waals surface area contributed by atoms with E-state index >= 15 is 0 Å². The second-order valence-corrected chi connectivity index (χ2v) is 4.58. The maximum Gasteiger partial charge on any atom is 0.280 e. The lowest BCUT2D eigenvalue weighted by molar-refractivity contribution is 0.736. The van der Waals surface area contributed by atoms with E-state index in [1.165, 1.54) is 4.57 Å². The average molecular weight is 252 g/mol. The van der Waals surface area contributed by atoms with Gasteiger partial charge in [0.1, 0.15) is 5.82 Å². The number of rotatable bonds is 2. The van der Waals surface area contributed by atoms with Crippen LogP contribution in [-0.4, -0.2) is 18.7 Å². The van der Waals surface area contributed by atoms with Crippen LogP contribution in [0.15, 0.2) is 4.79 Å². The van der Waals surface area contributed by atoms with Crippen molar-refractivity contribution in [2.45, 2.75) is 19.8 Å². The maximum atomic E-state index is 12.2. The Bertz CT molecular complexity index is 692. The van der Waals surface area contributed by atoms with Gasteiger partial charge >= 0.3 is 0 Å². The highest BCUT2D eigenvalue weighted by Gasteiger charge is 2.14. The van der Waals surface area contributed by atoms with E-state index in [9.17, 15) is 4.79 Å². The molecule has 2 heterocycles. The summed E-state index contributed by atoms with van der Waals surface area (Å²) in [5.41, 5.74) is 1.21. The van der Waals surface area contributed by atoms with Crippen LogP contribution >= 0.6 is 12.2 Å². The highest BCUT2D eigenvalue weighted by molar-refractivity contribution is 7.71. The first-order valence-corrected chi connectivity index (χ1v) is 6.01. The van der Waals surface area contributed by atoms with Crippen molar-refractivity contribution in [3.8, 4) is 0 Å². The Hall–Kier alpha value is -1.43. The lowest BCUT2D eigenvalue weighted by atomic mass is 10.3. The second kappa shape index (κ2) is 4.10. The molecule has 5 nitrogen and oxygen atoms in total. The summed E-state index contributed by atoms with van der Waals surface area (Å²) in [4.78, 5) is 16.7. The molecule has 0 atom stereocenters. The SMILES string of the molecule is CCCc1nc2c(c(=O)n(C)c(=S)n2C)n1C. The van der Waals surface area contributed by atoms with Gasteiger partial charge in [0.15, 0.2) is 15.9 Å².